The van der Waals surface area contributed by atoms with Crippen LogP contribution in [0.5, 0.6) is 0 Å². The number of hydrogen-bond donors (Lipinski definition) is 1. The van der Waals surface area contributed by atoms with Crippen LogP contribution in [0.25, 0.3) is 0 Å². The molecule has 0 spiro atoms. The first-order chi connectivity index (χ1) is 8.68. The predicted octanol–water partition coefficient (Wildman–Crippen LogP) is 2.81. The lowest BCUT2D eigenvalue weighted by atomic mass is 9.89. The molecule has 1 amide bonds. The van der Waals surface area contributed by atoms with Gasteiger partial charge in [-0.15, -0.1) is 0 Å². The number of aryl methyl sites for hydroxylation is 1. The maximum absolute atomic E-state index is 11.7. The van der Waals surface area contributed by atoms with E-state index in [0.717, 1.165) is 16.7 Å². The Labute approximate surface area is 107 Å². The van der Waals surface area contributed by atoms with Gasteiger partial charge < -0.3 is 5.73 Å². The molecule has 0 radical (unpaired) electrons. The Bertz CT molecular complexity index is 534. The predicted molar refractivity (Wildman–Crippen MR) is 73.3 cm³/mol. The van der Waals surface area contributed by atoms with E-state index in [9.17, 15) is 4.79 Å². The minimum absolute atomic E-state index is 0.256. The Hall–Kier alpha value is -2.09. The van der Waals surface area contributed by atoms with Gasteiger partial charge in [-0.3, -0.25) is 4.79 Å². The van der Waals surface area contributed by atoms with Crippen molar-refractivity contribution in [3.05, 3.63) is 71.3 Å². The molecule has 0 heterocycles. The van der Waals surface area contributed by atoms with Crippen molar-refractivity contribution in [3.8, 4) is 0 Å². The highest BCUT2D eigenvalue weighted by atomic mass is 16.1. The second-order valence-corrected chi connectivity index (χ2v) is 4.50. The number of amides is 1. The lowest BCUT2D eigenvalue weighted by molar-refractivity contribution is -0.119. The van der Waals surface area contributed by atoms with E-state index >= 15 is 0 Å². The van der Waals surface area contributed by atoms with E-state index in [0.29, 0.717) is 6.42 Å². The SMILES string of the molecule is Cc1ccccc1C(Cc1ccccc1)C(N)=O. The monoisotopic (exact) mass is 239 g/mol. The Balaban J connectivity index is 2.30. The molecule has 0 saturated carbocycles. The molecule has 2 aromatic rings. The van der Waals surface area contributed by atoms with Gasteiger partial charge in [-0.05, 0) is 30.0 Å². The smallest absolute Gasteiger partial charge is 0.225 e. The summed E-state index contributed by atoms with van der Waals surface area (Å²) in [5.74, 6) is -0.526. The molecule has 2 nitrogen and oxygen atoms in total. The largest absolute Gasteiger partial charge is 0.369 e. The lowest BCUT2D eigenvalue weighted by Gasteiger charge is -2.16. The van der Waals surface area contributed by atoms with Crippen LogP contribution in [0.2, 0.25) is 0 Å². The standard InChI is InChI=1S/C16H17NO/c1-12-7-5-6-10-14(12)15(16(17)18)11-13-8-3-2-4-9-13/h2-10,15H,11H2,1H3,(H2,17,18). The fourth-order valence-electron chi connectivity index (χ4n) is 2.19. The average Bonchev–Trinajstić information content (AvgIpc) is 2.38. The zero-order valence-electron chi connectivity index (χ0n) is 10.5. The van der Waals surface area contributed by atoms with Crippen molar-refractivity contribution in [2.45, 2.75) is 19.3 Å². The van der Waals surface area contributed by atoms with Crippen molar-refractivity contribution >= 4 is 5.91 Å². The number of carbonyl (C=O) groups is 1. The zero-order valence-corrected chi connectivity index (χ0v) is 10.5. The topological polar surface area (TPSA) is 43.1 Å². The first kappa shape index (κ1) is 12.4. The normalized spacial score (nSPS) is 12.1. The summed E-state index contributed by atoms with van der Waals surface area (Å²) in [6, 6.07) is 17.9. The van der Waals surface area contributed by atoms with E-state index in [-0.39, 0.29) is 11.8 Å². The van der Waals surface area contributed by atoms with Gasteiger partial charge in [-0.25, -0.2) is 0 Å². The first-order valence-electron chi connectivity index (χ1n) is 6.07. The fraction of sp³-hybridized carbons (Fsp3) is 0.188. The highest BCUT2D eigenvalue weighted by Crippen LogP contribution is 2.23. The summed E-state index contributed by atoms with van der Waals surface area (Å²) in [6.07, 6.45) is 0.654. The molecule has 18 heavy (non-hydrogen) atoms. The first-order valence-corrected chi connectivity index (χ1v) is 6.07. The van der Waals surface area contributed by atoms with Crippen LogP contribution in [0.3, 0.4) is 0 Å². The summed E-state index contributed by atoms with van der Waals surface area (Å²) in [5, 5.41) is 0. The van der Waals surface area contributed by atoms with Crippen molar-refractivity contribution in [1.82, 2.24) is 0 Å². The molecule has 0 aliphatic rings. The molecular weight excluding hydrogens is 222 g/mol. The van der Waals surface area contributed by atoms with Gasteiger partial charge in [0.1, 0.15) is 0 Å². The van der Waals surface area contributed by atoms with Crippen LogP contribution in [0.1, 0.15) is 22.6 Å². The molecule has 2 rings (SSSR count). The van der Waals surface area contributed by atoms with Gasteiger partial charge in [0.05, 0.1) is 5.92 Å². The van der Waals surface area contributed by atoms with Gasteiger partial charge in [0.25, 0.3) is 0 Å². The lowest BCUT2D eigenvalue weighted by Crippen LogP contribution is -2.24. The Morgan fingerprint density at radius 1 is 1.06 bits per heavy atom. The summed E-state index contributed by atoms with van der Waals surface area (Å²) < 4.78 is 0. The molecule has 2 aromatic carbocycles. The Morgan fingerprint density at radius 2 is 1.67 bits per heavy atom. The molecule has 0 saturated heterocycles. The van der Waals surface area contributed by atoms with Crippen LogP contribution in [-0.4, -0.2) is 5.91 Å². The fourth-order valence-corrected chi connectivity index (χ4v) is 2.19. The second-order valence-electron chi connectivity index (χ2n) is 4.50. The molecule has 0 aliphatic carbocycles. The molecular formula is C16H17NO. The number of benzene rings is 2. The minimum atomic E-state index is -0.270. The number of hydrogen-bond acceptors (Lipinski definition) is 1. The highest BCUT2D eigenvalue weighted by Gasteiger charge is 2.19. The van der Waals surface area contributed by atoms with Gasteiger partial charge in [0.2, 0.25) is 5.91 Å². The summed E-state index contributed by atoms with van der Waals surface area (Å²) in [7, 11) is 0. The van der Waals surface area contributed by atoms with Crippen LogP contribution in [0.4, 0.5) is 0 Å². The molecule has 2 N–H and O–H groups in total. The van der Waals surface area contributed by atoms with Crippen LogP contribution < -0.4 is 5.73 Å². The van der Waals surface area contributed by atoms with Crippen molar-refractivity contribution in [2.24, 2.45) is 5.73 Å². The third-order valence-electron chi connectivity index (χ3n) is 3.19. The number of rotatable bonds is 4. The minimum Gasteiger partial charge on any atom is -0.369 e. The van der Waals surface area contributed by atoms with E-state index < -0.39 is 0 Å². The molecule has 0 bridgehead atoms. The maximum Gasteiger partial charge on any atom is 0.225 e. The van der Waals surface area contributed by atoms with E-state index in [4.69, 9.17) is 5.73 Å². The quantitative estimate of drug-likeness (QED) is 0.876. The van der Waals surface area contributed by atoms with Crippen LogP contribution in [-0.2, 0) is 11.2 Å². The van der Waals surface area contributed by atoms with Crippen LogP contribution >= 0.6 is 0 Å². The molecule has 2 heteroatoms. The van der Waals surface area contributed by atoms with Crippen molar-refractivity contribution in [2.75, 3.05) is 0 Å². The molecule has 0 aromatic heterocycles. The summed E-state index contributed by atoms with van der Waals surface area (Å²) in [4.78, 5) is 11.7. The molecule has 92 valence electrons. The maximum atomic E-state index is 11.7. The zero-order chi connectivity index (χ0) is 13.0. The van der Waals surface area contributed by atoms with Gasteiger partial charge in [0.15, 0.2) is 0 Å². The highest BCUT2D eigenvalue weighted by molar-refractivity contribution is 5.82. The van der Waals surface area contributed by atoms with E-state index in [1.54, 1.807) is 0 Å². The van der Waals surface area contributed by atoms with Crippen LogP contribution in [0.15, 0.2) is 54.6 Å². The molecule has 1 atom stereocenters. The molecule has 1 unspecified atom stereocenters. The van der Waals surface area contributed by atoms with E-state index in [2.05, 4.69) is 0 Å². The third kappa shape index (κ3) is 2.77. The Morgan fingerprint density at radius 3 is 2.28 bits per heavy atom. The van der Waals surface area contributed by atoms with Crippen LogP contribution in [0, 0.1) is 6.92 Å². The third-order valence-corrected chi connectivity index (χ3v) is 3.19. The van der Waals surface area contributed by atoms with E-state index in [1.165, 1.54) is 0 Å². The number of primary amides is 1. The van der Waals surface area contributed by atoms with Crippen molar-refractivity contribution in [1.29, 1.82) is 0 Å². The summed E-state index contributed by atoms with van der Waals surface area (Å²) in [6.45, 7) is 2.01. The van der Waals surface area contributed by atoms with Crippen molar-refractivity contribution < 1.29 is 4.79 Å². The summed E-state index contributed by atoms with van der Waals surface area (Å²) in [5.41, 5.74) is 8.81. The van der Waals surface area contributed by atoms with Gasteiger partial charge in [-0.2, -0.15) is 0 Å². The van der Waals surface area contributed by atoms with Crippen molar-refractivity contribution in [3.63, 3.8) is 0 Å². The summed E-state index contributed by atoms with van der Waals surface area (Å²) >= 11 is 0. The van der Waals surface area contributed by atoms with Gasteiger partial charge in [0, 0.05) is 0 Å². The van der Waals surface area contributed by atoms with E-state index in [1.807, 2.05) is 61.5 Å². The number of nitrogens with two attached hydrogens (primary N) is 1. The molecule has 0 fully saturated rings. The molecule has 0 aliphatic heterocycles. The van der Waals surface area contributed by atoms with Gasteiger partial charge >= 0.3 is 0 Å². The number of carbonyl (C=O) groups excluding carboxylic acids is 1. The van der Waals surface area contributed by atoms with Gasteiger partial charge in [-0.1, -0.05) is 54.6 Å². The Kier molecular flexibility index (Phi) is 3.78. The average molecular weight is 239 g/mol. The second kappa shape index (κ2) is 5.50.